The molecule has 1 aliphatic carbocycles. The summed E-state index contributed by atoms with van der Waals surface area (Å²) in [6.07, 6.45) is 0. The van der Waals surface area contributed by atoms with Crippen LogP contribution in [-0.4, -0.2) is 26.9 Å². The monoisotopic (exact) mass is 256 g/mol. The van der Waals surface area contributed by atoms with E-state index in [1.54, 1.807) is 0 Å². The molecular weight excluding hydrogens is 248 g/mol. The Bertz CT molecular complexity index is 746. The Labute approximate surface area is 107 Å². The number of phenols is 3. The Morgan fingerprint density at radius 3 is 2.05 bits per heavy atom. The molecule has 0 aromatic heterocycles. The van der Waals surface area contributed by atoms with E-state index in [0.717, 1.165) is 6.07 Å². The van der Waals surface area contributed by atoms with Crippen molar-refractivity contribution < 1.29 is 24.9 Å². The molecule has 3 N–H and O–H groups in total. The quantitative estimate of drug-likeness (QED) is 0.531. The lowest BCUT2D eigenvalue weighted by molar-refractivity contribution is 0.0973. The number of ketones is 2. The standard InChI is InChI=1S/C14H8O5/c15-8-3-1-2-6-10(8)12(17)7-4-5-9(16)14(19)11(7)13(6)18/h1-5,15-16,19H. The molecule has 2 aromatic rings. The molecule has 0 spiro atoms. The highest BCUT2D eigenvalue weighted by Gasteiger charge is 2.34. The third-order valence-corrected chi connectivity index (χ3v) is 3.14. The van der Waals surface area contributed by atoms with Crippen LogP contribution < -0.4 is 0 Å². The van der Waals surface area contributed by atoms with Crippen molar-refractivity contribution in [2.45, 2.75) is 0 Å². The number of aromatic hydroxyl groups is 3. The van der Waals surface area contributed by atoms with Crippen LogP contribution in [0.15, 0.2) is 30.3 Å². The molecule has 19 heavy (non-hydrogen) atoms. The van der Waals surface area contributed by atoms with E-state index in [2.05, 4.69) is 0 Å². The van der Waals surface area contributed by atoms with Crippen LogP contribution in [0.25, 0.3) is 0 Å². The van der Waals surface area contributed by atoms with E-state index >= 15 is 0 Å². The van der Waals surface area contributed by atoms with Crippen LogP contribution in [0.4, 0.5) is 0 Å². The van der Waals surface area contributed by atoms with Gasteiger partial charge in [-0.15, -0.1) is 0 Å². The van der Waals surface area contributed by atoms with E-state index in [4.69, 9.17) is 0 Å². The number of rotatable bonds is 0. The number of fused-ring (bicyclic) bond motifs is 2. The van der Waals surface area contributed by atoms with E-state index < -0.39 is 23.1 Å². The summed E-state index contributed by atoms with van der Waals surface area (Å²) in [6, 6.07) is 6.52. The lowest BCUT2D eigenvalue weighted by Crippen LogP contribution is -2.21. The van der Waals surface area contributed by atoms with E-state index in [0.29, 0.717) is 0 Å². The van der Waals surface area contributed by atoms with E-state index in [9.17, 15) is 24.9 Å². The van der Waals surface area contributed by atoms with E-state index in [1.165, 1.54) is 24.3 Å². The van der Waals surface area contributed by atoms with Crippen molar-refractivity contribution in [3.05, 3.63) is 52.6 Å². The molecule has 0 saturated carbocycles. The van der Waals surface area contributed by atoms with Crippen LogP contribution in [0.5, 0.6) is 17.2 Å². The Morgan fingerprint density at radius 2 is 1.32 bits per heavy atom. The molecule has 5 nitrogen and oxygen atoms in total. The Kier molecular flexibility index (Phi) is 2.13. The summed E-state index contributed by atoms with van der Waals surface area (Å²) in [5, 5.41) is 28.9. The number of benzene rings is 2. The fourth-order valence-electron chi connectivity index (χ4n) is 2.24. The van der Waals surface area contributed by atoms with Crippen molar-refractivity contribution in [3.63, 3.8) is 0 Å². The van der Waals surface area contributed by atoms with Gasteiger partial charge in [-0.3, -0.25) is 9.59 Å². The second-order valence-electron chi connectivity index (χ2n) is 4.21. The second-order valence-corrected chi connectivity index (χ2v) is 4.21. The van der Waals surface area contributed by atoms with E-state index in [-0.39, 0.29) is 28.0 Å². The molecule has 0 radical (unpaired) electrons. The van der Waals surface area contributed by atoms with Gasteiger partial charge < -0.3 is 15.3 Å². The first-order valence-corrected chi connectivity index (χ1v) is 5.48. The van der Waals surface area contributed by atoms with Crippen molar-refractivity contribution in [2.75, 3.05) is 0 Å². The van der Waals surface area contributed by atoms with Gasteiger partial charge in [0.05, 0.1) is 11.1 Å². The van der Waals surface area contributed by atoms with Crippen molar-refractivity contribution in [1.29, 1.82) is 0 Å². The lowest BCUT2D eigenvalue weighted by atomic mass is 9.83. The fraction of sp³-hybridized carbons (Fsp3) is 0. The molecule has 0 unspecified atom stereocenters. The minimum atomic E-state index is -0.621. The Balaban J connectivity index is 2.40. The predicted octanol–water partition coefficient (Wildman–Crippen LogP) is 1.58. The van der Waals surface area contributed by atoms with E-state index in [1.807, 2.05) is 0 Å². The molecule has 0 saturated heterocycles. The largest absolute Gasteiger partial charge is 0.507 e. The summed E-state index contributed by atoms with van der Waals surface area (Å²) < 4.78 is 0. The van der Waals surface area contributed by atoms with Gasteiger partial charge in [0.1, 0.15) is 5.75 Å². The first-order valence-electron chi connectivity index (χ1n) is 5.48. The number of carbonyl (C=O) groups is 2. The topological polar surface area (TPSA) is 94.8 Å². The van der Waals surface area contributed by atoms with Crippen LogP contribution in [-0.2, 0) is 0 Å². The number of hydrogen-bond acceptors (Lipinski definition) is 5. The van der Waals surface area contributed by atoms with Gasteiger partial charge in [0, 0.05) is 11.1 Å². The number of hydrogen-bond donors (Lipinski definition) is 3. The molecule has 0 bridgehead atoms. The molecular formula is C14H8O5. The van der Waals surface area contributed by atoms with Gasteiger partial charge >= 0.3 is 0 Å². The average Bonchev–Trinajstić information content (AvgIpc) is 2.39. The first-order chi connectivity index (χ1) is 9.02. The van der Waals surface area contributed by atoms with Crippen LogP contribution >= 0.6 is 0 Å². The summed E-state index contributed by atoms with van der Waals surface area (Å²) in [5.74, 6) is -2.53. The molecule has 0 heterocycles. The van der Waals surface area contributed by atoms with Gasteiger partial charge in [-0.1, -0.05) is 12.1 Å². The second kappa shape index (κ2) is 3.58. The van der Waals surface area contributed by atoms with Crippen LogP contribution in [0.3, 0.4) is 0 Å². The van der Waals surface area contributed by atoms with Crippen molar-refractivity contribution in [2.24, 2.45) is 0 Å². The fourth-order valence-corrected chi connectivity index (χ4v) is 2.24. The highest BCUT2D eigenvalue weighted by atomic mass is 16.3. The molecule has 5 heteroatoms. The molecule has 0 aliphatic heterocycles. The Hall–Kier alpha value is -2.82. The van der Waals surface area contributed by atoms with Gasteiger partial charge in [-0.25, -0.2) is 0 Å². The summed E-state index contributed by atoms with van der Waals surface area (Å²) in [5.41, 5.74) is -0.333. The molecule has 0 fully saturated rings. The van der Waals surface area contributed by atoms with Crippen LogP contribution in [0, 0.1) is 0 Å². The van der Waals surface area contributed by atoms with Crippen LogP contribution in [0.2, 0.25) is 0 Å². The summed E-state index contributed by atoms with van der Waals surface area (Å²) in [4.78, 5) is 24.5. The number of phenolic OH excluding ortho intramolecular Hbond substituents is 3. The van der Waals surface area contributed by atoms with Gasteiger partial charge in [-0.2, -0.15) is 0 Å². The molecule has 94 valence electrons. The maximum atomic E-state index is 12.2. The van der Waals surface area contributed by atoms with Gasteiger partial charge in [0.25, 0.3) is 0 Å². The molecule has 0 atom stereocenters. The normalized spacial score (nSPS) is 13.1. The Morgan fingerprint density at radius 1 is 0.684 bits per heavy atom. The molecule has 1 aliphatic rings. The maximum Gasteiger partial charge on any atom is 0.198 e. The molecule has 0 amide bonds. The van der Waals surface area contributed by atoms with Crippen molar-refractivity contribution in [1.82, 2.24) is 0 Å². The maximum absolute atomic E-state index is 12.2. The number of carbonyl (C=O) groups excluding carboxylic acids is 2. The summed E-state index contributed by atoms with van der Waals surface area (Å²) in [7, 11) is 0. The molecule has 2 aromatic carbocycles. The third-order valence-electron chi connectivity index (χ3n) is 3.14. The summed E-state index contributed by atoms with van der Waals surface area (Å²) >= 11 is 0. The zero-order valence-electron chi connectivity index (χ0n) is 9.54. The highest BCUT2D eigenvalue weighted by molar-refractivity contribution is 6.30. The minimum absolute atomic E-state index is 0.0124. The predicted molar refractivity (Wildman–Crippen MR) is 64.7 cm³/mol. The minimum Gasteiger partial charge on any atom is -0.507 e. The van der Waals surface area contributed by atoms with Crippen LogP contribution in [0.1, 0.15) is 31.8 Å². The van der Waals surface area contributed by atoms with Crippen molar-refractivity contribution in [3.8, 4) is 17.2 Å². The van der Waals surface area contributed by atoms with Gasteiger partial charge in [-0.05, 0) is 18.2 Å². The zero-order chi connectivity index (χ0) is 13.7. The van der Waals surface area contributed by atoms with Gasteiger partial charge in [0.15, 0.2) is 23.1 Å². The van der Waals surface area contributed by atoms with Gasteiger partial charge in [0.2, 0.25) is 0 Å². The first kappa shape index (κ1) is 11.3. The average molecular weight is 256 g/mol. The lowest BCUT2D eigenvalue weighted by Gasteiger charge is -2.19. The summed E-state index contributed by atoms with van der Waals surface area (Å²) in [6.45, 7) is 0. The smallest absolute Gasteiger partial charge is 0.198 e. The highest BCUT2D eigenvalue weighted by Crippen LogP contribution is 2.39. The zero-order valence-corrected chi connectivity index (χ0v) is 9.54. The van der Waals surface area contributed by atoms with Crippen molar-refractivity contribution >= 4 is 11.6 Å². The molecule has 3 rings (SSSR count). The third kappa shape index (κ3) is 1.35. The SMILES string of the molecule is O=C1c2ccc(O)c(O)c2C(=O)c2cccc(O)c21.